The van der Waals surface area contributed by atoms with Gasteiger partial charge in [0.05, 0.1) is 5.69 Å². The van der Waals surface area contributed by atoms with E-state index in [4.69, 9.17) is 10.1 Å². The van der Waals surface area contributed by atoms with Crippen LogP contribution in [0.5, 0.6) is 0 Å². The SMILES string of the molecule is CCc1nc(C(CC)CC)n2nc(-c3ccccc3)[nH]c(=O)c12. The molecule has 0 unspecified atom stereocenters. The normalized spacial score (nSPS) is 11.5. The standard InChI is InChI=1S/C18H22N4O/c1-4-12(5-2)17-19-14(6-3)15-18(23)20-16(21-22(15)17)13-10-8-7-9-11-13/h7-12H,4-6H2,1-3H3,(H,20,21,23). The Bertz CT molecular complexity index is 860. The zero-order valence-electron chi connectivity index (χ0n) is 13.8. The Balaban J connectivity index is 2.29. The lowest BCUT2D eigenvalue weighted by Gasteiger charge is -2.10. The number of aromatic nitrogens is 4. The zero-order valence-corrected chi connectivity index (χ0v) is 13.8. The molecule has 0 spiro atoms. The molecule has 5 heteroatoms. The third-order valence-electron chi connectivity index (χ3n) is 4.33. The minimum Gasteiger partial charge on any atom is -0.303 e. The van der Waals surface area contributed by atoms with E-state index in [2.05, 4.69) is 18.8 Å². The number of benzene rings is 1. The van der Waals surface area contributed by atoms with E-state index in [9.17, 15) is 4.79 Å². The minimum absolute atomic E-state index is 0.125. The van der Waals surface area contributed by atoms with Crippen molar-refractivity contribution in [1.82, 2.24) is 19.6 Å². The number of fused-ring (bicyclic) bond motifs is 1. The topological polar surface area (TPSA) is 63.1 Å². The van der Waals surface area contributed by atoms with Crippen molar-refractivity contribution < 1.29 is 0 Å². The molecular weight excluding hydrogens is 288 g/mol. The van der Waals surface area contributed by atoms with Crippen LogP contribution in [0.4, 0.5) is 0 Å². The number of imidazole rings is 1. The largest absolute Gasteiger partial charge is 0.303 e. The molecule has 120 valence electrons. The summed E-state index contributed by atoms with van der Waals surface area (Å²) in [6.45, 7) is 6.31. The van der Waals surface area contributed by atoms with Crippen LogP contribution in [0.15, 0.2) is 35.1 Å². The van der Waals surface area contributed by atoms with Gasteiger partial charge in [-0.05, 0) is 19.3 Å². The maximum atomic E-state index is 12.6. The molecule has 1 aromatic carbocycles. The predicted octanol–water partition coefficient (Wildman–Crippen LogP) is 3.55. The highest BCUT2D eigenvalue weighted by atomic mass is 16.1. The van der Waals surface area contributed by atoms with Crippen molar-refractivity contribution in [3.63, 3.8) is 0 Å². The quantitative estimate of drug-likeness (QED) is 0.784. The fourth-order valence-electron chi connectivity index (χ4n) is 2.99. The molecule has 0 aliphatic carbocycles. The first-order chi connectivity index (χ1) is 11.2. The zero-order chi connectivity index (χ0) is 16.4. The molecule has 23 heavy (non-hydrogen) atoms. The van der Waals surface area contributed by atoms with Crippen molar-refractivity contribution in [3.8, 4) is 11.4 Å². The van der Waals surface area contributed by atoms with Gasteiger partial charge in [0.1, 0.15) is 5.82 Å². The lowest BCUT2D eigenvalue weighted by atomic mass is 10.0. The van der Waals surface area contributed by atoms with Crippen molar-refractivity contribution >= 4 is 5.52 Å². The number of hydrogen-bond donors (Lipinski definition) is 1. The number of H-pyrrole nitrogens is 1. The Morgan fingerprint density at radius 2 is 1.83 bits per heavy atom. The van der Waals surface area contributed by atoms with Crippen LogP contribution in [0, 0.1) is 0 Å². The lowest BCUT2D eigenvalue weighted by Crippen LogP contribution is -2.16. The molecule has 5 nitrogen and oxygen atoms in total. The predicted molar refractivity (Wildman–Crippen MR) is 91.7 cm³/mol. The number of aryl methyl sites for hydroxylation is 1. The van der Waals surface area contributed by atoms with Crippen LogP contribution in [0.3, 0.4) is 0 Å². The van der Waals surface area contributed by atoms with E-state index in [1.807, 2.05) is 37.3 Å². The van der Waals surface area contributed by atoms with Crippen molar-refractivity contribution in [2.75, 3.05) is 0 Å². The second-order valence-electron chi connectivity index (χ2n) is 5.71. The van der Waals surface area contributed by atoms with Crippen molar-refractivity contribution in [2.45, 2.75) is 46.0 Å². The van der Waals surface area contributed by atoms with Crippen LogP contribution in [0.1, 0.15) is 51.0 Å². The summed E-state index contributed by atoms with van der Waals surface area (Å²) in [7, 11) is 0. The Hall–Kier alpha value is -2.43. The van der Waals surface area contributed by atoms with Gasteiger partial charge in [-0.1, -0.05) is 51.1 Å². The van der Waals surface area contributed by atoms with Gasteiger partial charge < -0.3 is 4.98 Å². The average Bonchev–Trinajstić information content (AvgIpc) is 2.96. The van der Waals surface area contributed by atoms with Crippen LogP contribution in [-0.2, 0) is 6.42 Å². The highest BCUT2D eigenvalue weighted by molar-refractivity contribution is 5.57. The Labute approximate surface area is 135 Å². The van der Waals surface area contributed by atoms with Gasteiger partial charge in [0.25, 0.3) is 5.56 Å². The molecule has 0 bridgehead atoms. The maximum Gasteiger partial charge on any atom is 0.277 e. The highest BCUT2D eigenvalue weighted by Gasteiger charge is 2.20. The van der Waals surface area contributed by atoms with Crippen molar-refractivity contribution in [2.24, 2.45) is 0 Å². The summed E-state index contributed by atoms with van der Waals surface area (Å²) in [5.74, 6) is 1.78. The molecule has 0 saturated heterocycles. The molecule has 0 amide bonds. The smallest absolute Gasteiger partial charge is 0.277 e. The summed E-state index contributed by atoms with van der Waals surface area (Å²) in [6, 6.07) is 9.71. The summed E-state index contributed by atoms with van der Waals surface area (Å²) in [5.41, 5.74) is 2.17. The number of rotatable bonds is 5. The molecule has 0 saturated carbocycles. The second kappa shape index (κ2) is 6.36. The summed E-state index contributed by atoms with van der Waals surface area (Å²) in [6.07, 6.45) is 2.68. The first-order valence-corrected chi connectivity index (χ1v) is 8.26. The summed E-state index contributed by atoms with van der Waals surface area (Å²) in [5, 5.41) is 4.69. The van der Waals surface area contributed by atoms with Gasteiger partial charge in [-0.15, -0.1) is 5.10 Å². The van der Waals surface area contributed by atoms with Crippen molar-refractivity contribution in [3.05, 3.63) is 52.2 Å². The Kier molecular flexibility index (Phi) is 4.28. The van der Waals surface area contributed by atoms with Gasteiger partial charge in [-0.2, -0.15) is 0 Å². The molecule has 0 radical (unpaired) electrons. The van der Waals surface area contributed by atoms with E-state index in [1.54, 1.807) is 4.52 Å². The fourth-order valence-corrected chi connectivity index (χ4v) is 2.99. The number of nitrogens with zero attached hydrogens (tertiary/aromatic N) is 3. The molecule has 0 aliphatic rings. The number of aromatic amines is 1. The molecule has 0 atom stereocenters. The van der Waals surface area contributed by atoms with E-state index < -0.39 is 0 Å². The van der Waals surface area contributed by atoms with E-state index >= 15 is 0 Å². The maximum absolute atomic E-state index is 12.6. The van der Waals surface area contributed by atoms with E-state index in [-0.39, 0.29) is 5.56 Å². The lowest BCUT2D eigenvalue weighted by molar-refractivity contribution is 0.583. The third kappa shape index (κ3) is 2.67. The van der Waals surface area contributed by atoms with Crippen molar-refractivity contribution in [1.29, 1.82) is 0 Å². The molecular formula is C18H22N4O. The first kappa shape index (κ1) is 15.5. The molecule has 3 rings (SSSR count). The average molecular weight is 310 g/mol. The first-order valence-electron chi connectivity index (χ1n) is 8.26. The van der Waals surface area contributed by atoms with E-state index in [0.29, 0.717) is 17.3 Å². The van der Waals surface area contributed by atoms with Crippen LogP contribution in [-0.4, -0.2) is 19.6 Å². The number of nitrogens with one attached hydrogen (secondary N) is 1. The van der Waals surface area contributed by atoms with Crippen LogP contribution in [0.25, 0.3) is 16.9 Å². The minimum atomic E-state index is -0.125. The molecule has 2 aromatic heterocycles. The second-order valence-corrected chi connectivity index (χ2v) is 5.71. The van der Waals surface area contributed by atoms with Gasteiger partial charge in [0.2, 0.25) is 0 Å². The molecule has 0 fully saturated rings. The fraction of sp³-hybridized carbons (Fsp3) is 0.389. The monoisotopic (exact) mass is 310 g/mol. The Morgan fingerprint density at radius 1 is 1.13 bits per heavy atom. The van der Waals surface area contributed by atoms with Crippen LogP contribution >= 0.6 is 0 Å². The van der Waals surface area contributed by atoms with Gasteiger partial charge >= 0.3 is 0 Å². The van der Waals surface area contributed by atoms with Crippen LogP contribution < -0.4 is 5.56 Å². The van der Waals surface area contributed by atoms with Gasteiger partial charge in [0.15, 0.2) is 11.3 Å². The van der Waals surface area contributed by atoms with Gasteiger partial charge in [-0.3, -0.25) is 4.79 Å². The summed E-state index contributed by atoms with van der Waals surface area (Å²) < 4.78 is 1.76. The highest BCUT2D eigenvalue weighted by Crippen LogP contribution is 2.24. The van der Waals surface area contributed by atoms with Crippen LogP contribution in [0.2, 0.25) is 0 Å². The third-order valence-corrected chi connectivity index (χ3v) is 4.33. The number of hydrogen-bond acceptors (Lipinski definition) is 3. The molecule has 2 heterocycles. The Morgan fingerprint density at radius 3 is 2.43 bits per heavy atom. The van der Waals surface area contributed by atoms with Gasteiger partial charge in [0, 0.05) is 11.5 Å². The molecule has 0 aliphatic heterocycles. The molecule has 3 aromatic rings. The van der Waals surface area contributed by atoms with E-state index in [1.165, 1.54) is 0 Å². The summed E-state index contributed by atoms with van der Waals surface area (Å²) in [4.78, 5) is 20.2. The molecule has 1 N–H and O–H groups in total. The summed E-state index contributed by atoms with van der Waals surface area (Å²) >= 11 is 0. The van der Waals surface area contributed by atoms with Gasteiger partial charge in [-0.25, -0.2) is 9.50 Å². The van der Waals surface area contributed by atoms with E-state index in [0.717, 1.165) is 36.3 Å².